The van der Waals surface area contributed by atoms with Crippen LogP contribution in [0.3, 0.4) is 0 Å². The van der Waals surface area contributed by atoms with Gasteiger partial charge in [0.25, 0.3) is 0 Å². The maximum absolute atomic E-state index is 12.6. The molecule has 1 atom stereocenters. The van der Waals surface area contributed by atoms with E-state index in [2.05, 4.69) is 15.5 Å². The second-order valence-electron chi connectivity index (χ2n) is 6.61. The van der Waals surface area contributed by atoms with Crippen LogP contribution in [0.15, 0.2) is 53.7 Å². The van der Waals surface area contributed by atoms with Gasteiger partial charge in [0.2, 0.25) is 11.1 Å². The number of fused-ring (bicyclic) bond motifs is 1. The summed E-state index contributed by atoms with van der Waals surface area (Å²) in [7, 11) is 3.33. The van der Waals surface area contributed by atoms with Crippen molar-refractivity contribution >= 4 is 17.7 Å². The molecule has 0 fully saturated rings. The van der Waals surface area contributed by atoms with Gasteiger partial charge in [-0.25, -0.2) is 0 Å². The SMILES string of the molecule is COc1ccccc1-n1nnnc1SCC(=O)N(C)C[C@@H]1COc2ccccc2O1. The number of carbonyl (C=O) groups is 1. The van der Waals surface area contributed by atoms with Crippen molar-refractivity contribution in [1.29, 1.82) is 0 Å². The molecule has 1 aliphatic heterocycles. The molecule has 1 aliphatic rings. The minimum atomic E-state index is -0.224. The maximum Gasteiger partial charge on any atom is 0.232 e. The minimum Gasteiger partial charge on any atom is -0.494 e. The van der Waals surface area contributed by atoms with E-state index < -0.39 is 0 Å². The van der Waals surface area contributed by atoms with Crippen molar-refractivity contribution in [2.24, 2.45) is 0 Å². The van der Waals surface area contributed by atoms with Gasteiger partial charge >= 0.3 is 0 Å². The molecule has 0 unspecified atom stereocenters. The lowest BCUT2D eigenvalue weighted by molar-refractivity contribution is -0.128. The van der Waals surface area contributed by atoms with Gasteiger partial charge in [-0.1, -0.05) is 36.0 Å². The minimum absolute atomic E-state index is 0.0583. The van der Waals surface area contributed by atoms with Crippen LogP contribution in [-0.2, 0) is 4.79 Å². The predicted molar refractivity (Wildman–Crippen MR) is 110 cm³/mol. The number of ether oxygens (including phenoxy) is 3. The first-order valence-electron chi connectivity index (χ1n) is 9.32. The summed E-state index contributed by atoms with van der Waals surface area (Å²) in [5.41, 5.74) is 0.708. The number of carbonyl (C=O) groups excluding carboxylic acids is 1. The first-order chi connectivity index (χ1) is 14.7. The largest absolute Gasteiger partial charge is 0.494 e. The Morgan fingerprint density at radius 2 is 2.00 bits per heavy atom. The van der Waals surface area contributed by atoms with Crippen LogP contribution in [0, 0.1) is 0 Å². The molecule has 10 heteroatoms. The first kappa shape index (κ1) is 20.0. The molecule has 30 heavy (non-hydrogen) atoms. The fraction of sp³-hybridized carbons (Fsp3) is 0.300. The Bertz CT molecular complexity index is 1030. The summed E-state index contributed by atoms with van der Waals surface area (Å²) in [4.78, 5) is 14.3. The Kier molecular flexibility index (Phi) is 6.03. The Balaban J connectivity index is 1.35. The molecule has 0 saturated carbocycles. The zero-order chi connectivity index (χ0) is 20.9. The molecule has 0 saturated heterocycles. The normalized spacial score (nSPS) is 14.9. The highest BCUT2D eigenvalue weighted by Crippen LogP contribution is 2.31. The molecule has 0 bridgehead atoms. The summed E-state index contributed by atoms with van der Waals surface area (Å²) in [5.74, 6) is 2.19. The summed E-state index contributed by atoms with van der Waals surface area (Å²) in [5, 5.41) is 12.3. The number of hydrogen-bond acceptors (Lipinski definition) is 8. The van der Waals surface area contributed by atoms with Crippen molar-refractivity contribution in [3.63, 3.8) is 0 Å². The van der Waals surface area contributed by atoms with Gasteiger partial charge in [0.05, 0.1) is 19.4 Å². The number of thioether (sulfide) groups is 1. The number of nitrogens with zero attached hydrogens (tertiary/aromatic N) is 5. The highest BCUT2D eigenvalue weighted by Gasteiger charge is 2.24. The highest BCUT2D eigenvalue weighted by atomic mass is 32.2. The maximum atomic E-state index is 12.6. The fourth-order valence-electron chi connectivity index (χ4n) is 3.02. The molecular weight excluding hydrogens is 406 g/mol. The van der Waals surface area contributed by atoms with Crippen LogP contribution in [0.5, 0.6) is 17.2 Å². The molecule has 0 aliphatic carbocycles. The van der Waals surface area contributed by atoms with Crippen LogP contribution in [0.25, 0.3) is 5.69 Å². The Labute approximate surface area is 177 Å². The average molecular weight is 427 g/mol. The van der Waals surface area contributed by atoms with Gasteiger partial charge in [-0.15, -0.1) is 5.10 Å². The fourth-order valence-corrected chi connectivity index (χ4v) is 3.85. The number of methoxy groups -OCH3 is 1. The van der Waals surface area contributed by atoms with Crippen LogP contribution in [0.2, 0.25) is 0 Å². The summed E-state index contributed by atoms with van der Waals surface area (Å²) in [6.45, 7) is 0.818. The Morgan fingerprint density at radius 1 is 1.23 bits per heavy atom. The van der Waals surface area contributed by atoms with E-state index in [1.54, 1.807) is 23.7 Å². The standard InChI is InChI=1S/C20H21N5O4S/c1-24(11-14-12-28-17-9-5-6-10-18(17)29-14)19(26)13-30-20-21-22-23-25(20)15-7-3-4-8-16(15)27-2/h3-10,14H,11-13H2,1-2H3/t14-/m1/s1. The molecule has 2 aromatic carbocycles. The molecule has 1 aromatic heterocycles. The van der Waals surface area contributed by atoms with Crippen molar-refractivity contribution in [2.45, 2.75) is 11.3 Å². The highest BCUT2D eigenvalue weighted by molar-refractivity contribution is 7.99. The molecule has 0 spiro atoms. The van der Waals surface area contributed by atoms with E-state index in [0.717, 1.165) is 5.75 Å². The van der Waals surface area contributed by atoms with E-state index in [0.29, 0.717) is 35.5 Å². The second kappa shape index (κ2) is 9.04. The van der Waals surface area contributed by atoms with E-state index in [9.17, 15) is 4.79 Å². The molecule has 0 N–H and O–H groups in total. The van der Waals surface area contributed by atoms with Crippen molar-refractivity contribution in [1.82, 2.24) is 25.1 Å². The third-order valence-corrected chi connectivity index (χ3v) is 5.45. The van der Waals surface area contributed by atoms with Gasteiger partial charge < -0.3 is 19.1 Å². The molecule has 4 rings (SSSR count). The number of likely N-dealkylation sites (N-methyl/N-ethyl adjacent to an activating group) is 1. The lowest BCUT2D eigenvalue weighted by Gasteiger charge is -2.29. The van der Waals surface area contributed by atoms with Crippen molar-refractivity contribution in [2.75, 3.05) is 33.1 Å². The van der Waals surface area contributed by atoms with Gasteiger partial charge in [-0.05, 0) is 34.7 Å². The van der Waals surface area contributed by atoms with Gasteiger partial charge in [-0.3, -0.25) is 4.79 Å². The molecule has 9 nitrogen and oxygen atoms in total. The summed E-state index contributed by atoms with van der Waals surface area (Å²) < 4.78 is 18.6. The van der Waals surface area contributed by atoms with Gasteiger partial charge in [0.15, 0.2) is 17.6 Å². The summed E-state index contributed by atoms with van der Waals surface area (Å²) in [6, 6.07) is 14.9. The topological polar surface area (TPSA) is 91.6 Å². The molecular formula is C20H21N5O4S. The summed E-state index contributed by atoms with van der Waals surface area (Å²) >= 11 is 1.26. The van der Waals surface area contributed by atoms with Crippen LogP contribution in [0.1, 0.15) is 0 Å². The third kappa shape index (κ3) is 4.33. The molecule has 2 heterocycles. The number of tetrazole rings is 1. The van der Waals surface area contributed by atoms with E-state index in [4.69, 9.17) is 14.2 Å². The van der Waals surface area contributed by atoms with Crippen molar-refractivity contribution in [3.05, 3.63) is 48.5 Å². The summed E-state index contributed by atoms with van der Waals surface area (Å²) in [6.07, 6.45) is -0.224. The Hall–Kier alpha value is -3.27. The monoisotopic (exact) mass is 427 g/mol. The van der Waals surface area contributed by atoms with Gasteiger partial charge in [0, 0.05) is 7.05 Å². The zero-order valence-electron chi connectivity index (χ0n) is 16.6. The smallest absolute Gasteiger partial charge is 0.232 e. The molecule has 3 aromatic rings. The lowest BCUT2D eigenvalue weighted by Crippen LogP contribution is -2.42. The number of aromatic nitrogens is 4. The number of rotatable bonds is 7. The number of hydrogen-bond donors (Lipinski definition) is 0. The van der Waals surface area contributed by atoms with Crippen LogP contribution < -0.4 is 14.2 Å². The average Bonchev–Trinajstić information content (AvgIpc) is 3.25. The van der Waals surface area contributed by atoms with E-state index in [1.165, 1.54) is 11.8 Å². The van der Waals surface area contributed by atoms with Crippen molar-refractivity contribution in [3.8, 4) is 22.9 Å². The number of amides is 1. The van der Waals surface area contributed by atoms with Gasteiger partial charge in [0.1, 0.15) is 18.0 Å². The Morgan fingerprint density at radius 3 is 2.83 bits per heavy atom. The van der Waals surface area contributed by atoms with E-state index >= 15 is 0 Å². The zero-order valence-corrected chi connectivity index (χ0v) is 17.4. The number of benzene rings is 2. The van der Waals surface area contributed by atoms with Gasteiger partial charge in [-0.2, -0.15) is 4.68 Å². The molecule has 1 amide bonds. The van der Waals surface area contributed by atoms with Crippen molar-refractivity contribution < 1.29 is 19.0 Å². The van der Waals surface area contributed by atoms with E-state index in [-0.39, 0.29) is 17.8 Å². The van der Waals surface area contributed by atoms with Crippen LogP contribution >= 0.6 is 11.8 Å². The second-order valence-corrected chi connectivity index (χ2v) is 7.55. The van der Waals surface area contributed by atoms with Crippen LogP contribution in [-0.4, -0.2) is 70.2 Å². The number of para-hydroxylation sites is 4. The van der Waals surface area contributed by atoms with Crippen LogP contribution in [0.4, 0.5) is 0 Å². The quantitative estimate of drug-likeness (QED) is 0.529. The van der Waals surface area contributed by atoms with E-state index in [1.807, 2.05) is 48.5 Å². The molecule has 0 radical (unpaired) electrons. The lowest BCUT2D eigenvalue weighted by atomic mass is 10.2. The third-order valence-electron chi connectivity index (χ3n) is 4.55. The first-order valence-corrected chi connectivity index (χ1v) is 10.3. The predicted octanol–water partition coefficient (Wildman–Crippen LogP) is 2.06. The molecule has 156 valence electrons.